The predicted octanol–water partition coefficient (Wildman–Crippen LogP) is 3.54. The highest BCUT2D eigenvalue weighted by Crippen LogP contribution is 2.45. The Morgan fingerprint density at radius 2 is 1.92 bits per heavy atom. The van der Waals surface area contributed by atoms with Crippen LogP contribution in [0.3, 0.4) is 0 Å². The van der Waals surface area contributed by atoms with Gasteiger partial charge in [0.05, 0.1) is 11.8 Å². The first-order valence-electron chi connectivity index (χ1n) is 17.8. The summed E-state index contributed by atoms with van der Waals surface area (Å²) in [6.07, 6.45) is 7.22. The Morgan fingerprint density at radius 3 is 2.60 bits per heavy atom. The van der Waals surface area contributed by atoms with E-state index in [0.717, 1.165) is 42.0 Å². The van der Waals surface area contributed by atoms with E-state index < -0.39 is 62.1 Å². The molecular formula is C37H49N5O7S. The summed E-state index contributed by atoms with van der Waals surface area (Å²) in [5.41, 5.74) is -0.847. The number of nitrogens with zero attached hydrogens (tertiary/aromatic N) is 2. The zero-order valence-electron chi connectivity index (χ0n) is 29.4. The summed E-state index contributed by atoms with van der Waals surface area (Å²) in [6.45, 7) is 11.6. The largest absolute Gasteiger partial charge is 0.472 e. The minimum absolute atomic E-state index is 0.0500. The molecule has 1 aromatic carbocycles. The minimum Gasteiger partial charge on any atom is -0.472 e. The van der Waals surface area contributed by atoms with Crippen LogP contribution >= 0.6 is 0 Å². The second-order valence-corrected chi connectivity index (χ2v) is 17.5. The summed E-state index contributed by atoms with van der Waals surface area (Å²) < 4.78 is 34.0. The zero-order chi connectivity index (χ0) is 36.0. The fourth-order valence-corrected chi connectivity index (χ4v) is 8.76. The molecule has 5 atom stereocenters. The van der Waals surface area contributed by atoms with Gasteiger partial charge in [0.25, 0.3) is 5.91 Å². The SMILES string of the molecule is C=C[C@@H]1C[C@]1(NC(=O)[C@@H]1C[C@@H]2CN1C(=O)[C@H](C(C)C)CC(=O)NC(C)(C)CCCCc1ccc3ccnc(c3c1)O2)C(=O)NS(=O)(=O)C1CC1. The van der Waals surface area contributed by atoms with Crippen LogP contribution in [0.25, 0.3) is 10.8 Å². The van der Waals surface area contributed by atoms with Crippen molar-refractivity contribution in [2.45, 2.75) is 114 Å². The van der Waals surface area contributed by atoms with Crippen LogP contribution in [-0.2, 0) is 35.6 Å². The van der Waals surface area contributed by atoms with Gasteiger partial charge in [-0.2, -0.15) is 0 Å². The number of hydrogen-bond donors (Lipinski definition) is 3. The molecule has 0 spiro atoms. The third-order valence-electron chi connectivity index (χ3n) is 10.7. The lowest BCUT2D eigenvalue weighted by atomic mass is 9.89. The van der Waals surface area contributed by atoms with E-state index in [0.29, 0.717) is 18.7 Å². The van der Waals surface area contributed by atoms with Gasteiger partial charge >= 0.3 is 0 Å². The Bertz CT molecular complexity index is 1810. The number of sulfonamides is 1. The molecule has 2 saturated carbocycles. The van der Waals surface area contributed by atoms with Gasteiger partial charge in [-0.25, -0.2) is 13.4 Å². The fraction of sp³-hybridized carbons (Fsp3) is 0.595. The first-order valence-corrected chi connectivity index (χ1v) is 19.3. The van der Waals surface area contributed by atoms with Gasteiger partial charge in [-0.05, 0) is 81.4 Å². The number of nitrogens with one attached hydrogen (secondary N) is 3. The predicted molar refractivity (Wildman–Crippen MR) is 188 cm³/mol. The molecule has 3 heterocycles. The third kappa shape index (κ3) is 7.52. The van der Waals surface area contributed by atoms with Crippen LogP contribution in [0.4, 0.5) is 0 Å². The van der Waals surface area contributed by atoms with Crippen LogP contribution in [0.1, 0.15) is 84.6 Å². The molecular weight excluding hydrogens is 659 g/mol. The first-order chi connectivity index (χ1) is 23.6. The van der Waals surface area contributed by atoms with E-state index >= 15 is 0 Å². The molecule has 4 aliphatic rings. The second-order valence-electron chi connectivity index (χ2n) is 15.5. The number of ether oxygens (including phenoxy) is 1. The average Bonchev–Trinajstić information content (AvgIpc) is 3.98. The average molecular weight is 708 g/mol. The monoisotopic (exact) mass is 707 g/mol. The van der Waals surface area contributed by atoms with E-state index in [2.05, 4.69) is 39.1 Å². The first kappa shape index (κ1) is 35.8. The lowest BCUT2D eigenvalue weighted by Gasteiger charge is -2.32. The lowest BCUT2D eigenvalue weighted by Crippen LogP contribution is -2.57. The molecule has 50 heavy (non-hydrogen) atoms. The second kappa shape index (κ2) is 13.6. The summed E-state index contributed by atoms with van der Waals surface area (Å²) in [7, 11) is -3.86. The number of carbonyl (C=O) groups excluding carboxylic acids is 4. The summed E-state index contributed by atoms with van der Waals surface area (Å²) in [6, 6.07) is 7.07. The Labute approximate surface area is 294 Å². The van der Waals surface area contributed by atoms with Crippen LogP contribution in [0, 0.1) is 17.8 Å². The van der Waals surface area contributed by atoms with Gasteiger partial charge in [-0.1, -0.05) is 38.5 Å². The normalized spacial score (nSPS) is 28.7. The van der Waals surface area contributed by atoms with E-state index in [1.807, 2.05) is 39.8 Å². The van der Waals surface area contributed by atoms with Gasteiger partial charge in [-0.15, -0.1) is 6.58 Å². The van der Waals surface area contributed by atoms with Gasteiger partial charge < -0.3 is 20.3 Å². The van der Waals surface area contributed by atoms with E-state index in [-0.39, 0.29) is 43.5 Å². The van der Waals surface area contributed by atoms with Crippen molar-refractivity contribution in [3.63, 3.8) is 0 Å². The molecule has 4 amide bonds. The number of fused-ring (bicyclic) bond motifs is 3. The van der Waals surface area contributed by atoms with Gasteiger partial charge in [0.15, 0.2) is 0 Å². The van der Waals surface area contributed by atoms with Crippen molar-refractivity contribution in [1.29, 1.82) is 0 Å². The molecule has 3 fully saturated rings. The molecule has 270 valence electrons. The Morgan fingerprint density at radius 1 is 1.16 bits per heavy atom. The zero-order valence-corrected chi connectivity index (χ0v) is 30.2. The summed E-state index contributed by atoms with van der Waals surface area (Å²) >= 11 is 0. The van der Waals surface area contributed by atoms with Crippen molar-refractivity contribution in [1.82, 2.24) is 25.2 Å². The van der Waals surface area contributed by atoms with E-state index in [1.165, 1.54) is 11.0 Å². The van der Waals surface area contributed by atoms with Gasteiger partial charge in [0.2, 0.25) is 33.6 Å². The van der Waals surface area contributed by atoms with Gasteiger partial charge in [0, 0.05) is 41.8 Å². The number of aromatic nitrogens is 1. The van der Waals surface area contributed by atoms with Crippen LogP contribution in [0.2, 0.25) is 0 Å². The third-order valence-corrected chi connectivity index (χ3v) is 12.5. The number of hydrogen-bond acceptors (Lipinski definition) is 8. The number of amides is 4. The van der Waals surface area contributed by atoms with Crippen LogP contribution in [0.15, 0.2) is 43.1 Å². The Balaban J connectivity index is 1.32. The minimum atomic E-state index is -3.86. The highest BCUT2D eigenvalue weighted by Gasteiger charge is 2.62. The smallest absolute Gasteiger partial charge is 0.259 e. The number of carbonyl (C=O) groups is 4. The molecule has 1 aromatic heterocycles. The molecule has 2 aliphatic heterocycles. The quantitative estimate of drug-likeness (QED) is 0.368. The van der Waals surface area contributed by atoms with Crippen LogP contribution < -0.4 is 20.1 Å². The molecule has 12 nitrogen and oxygen atoms in total. The fourth-order valence-electron chi connectivity index (χ4n) is 7.40. The Hall–Kier alpha value is -4.00. The van der Waals surface area contributed by atoms with Crippen molar-refractivity contribution in [3.05, 3.63) is 48.7 Å². The lowest BCUT2D eigenvalue weighted by molar-refractivity contribution is -0.145. The van der Waals surface area contributed by atoms with E-state index in [4.69, 9.17) is 4.74 Å². The van der Waals surface area contributed by atoms with E-state index in [1.54, 1.807) is 6.20 Å². The van der Waals surface area contributed by atoms with E-state index in [9.17, 15) is 27.6 Å². The van der Waals surface area contributed by atoms with Crippen molar-refractivity contribution < 1.29 is 32.3 Å². The summed E-state index contributed by atoms with van der Waals surface area (Å²) in [5.74, 6) is -3.02. The molecule has 2 aliphatic carbocycles. The van der Waals surface area contributed by atoms with Crippen molar-refractivity contribution in [2.24, 2.45) is 17.8 Å². The molecule has 4 bridgehead atoms. The molecule has 0 unspecified atom stereocenters. The maximum absolute atomic E-state index is 14.4. The topological polar surface area (TPSA) is 164 Å². The molecule has 3 N–H and O–H groups in total. The number of rotatable bonds is 7. The van der Waals surface area contributed by atoms with Gasteiger partial charge in [0.1, 0.15) is 17.7 Å². The maximum atomic E-state index is 14.4. The molecule has 13 heteroatoms. The maximum Gasteiger partial charge on any atom is 0.259 e. The summed E-state index contributed by atoms with van der Waals surface area (Å²) in [4.78, 5) is 61.5. The molecule has 0 radical (unpaired) electrons. The van der Waals surface area contributed by atoms with Crippen LogP contribution in [0.5, 0.6) is 5.88 Å². The number of benzene rings is 1. The van der Waals surface area contributed by atoms with Gasteiger partial charge in [-0.3, -0.25) is 23.9 Å². The van der Waals surface area contributed by atoms with Crippen molar-refractivity contribution in [2.75, 3.05) is 6.54 Å². The molecule has 2 aromatic rings. The van der Waals surface area contributed by atoms with Crippen molar-refractivity contribution in [3.8, 4) is 5.88 Å². The number of aryl methyl sites for hydroxylation is 1. The van der Waals surface area contributed by atoms with Crippen LogP contribution in [-0.4, -0.2) is 76.9 Å². The Kier molecular flexibility index (Phi) is 9.75. The summed E-state index contributed by atoms with van der Waals surface area (Å²) in [5, 5.41) is 7.14. The molecule has 1 saturated heterocycles. The standard InChI is InChI=1S/C37H49N5O7S/c1-6-25-20-37(25,35(46)41-50(47,48)27-12-13-27)40-32(44)30-18-26-21-42(30)34(45)28(22(2)3)19-31(43)39-36(4,5)15-8-7-9-23-10-11-24-14-16-38-33(49-26)29(24)17-23/h6,10-11,14,16-17,22,25-28,30H,1,7-9,12-13,15,18-21H2,2-5H3,(H,39,43)(H,40,44)(H,41,46)/t25-,26-,28+,30+,37-/m1/s1. The molecule has 6 rings (SSSR count). The highest BCUT2D eigenvalue weighted by molar-refractivity contribution is 7.91. The highest BCUT2D eigenvalue weighted by atomic mass is 32.2. The number of pyridine rings is 1. The van der Waals surface area contributed by atoms with Crippen molar-refractivity contribution >= 4 is 44.4 Å².